The number of hydrogen-bond donors (Lipinski definition) is 2. The fraction of sp³-hybridized carbons (Fsp3) is 0.318. The molecule has 2 aromatic carbocycles. The molecule has 2 N–H and O–H groups in total. The first-order valence-corrected chi connectivity index (χ1v) is 10.6. The molecule has 0 radical (unpaired) electrons. The van der Waals surface area contributed by atoms with Crippen LogP contribution in [0.5, 0.6) is 0 Å². The van der Waals surface area contributed by atoms with Crippen LogP contribution in [-0.4, -0.2) is 47.7 Å². The minimum atomic E-state index is -0.583. The van der Waals surface area contributed by atoms with Crippen molar-refractivity contribution in [3.63, 3.8) is 0 Å². The van der Waals surface area contributed by atoms with Gasteiger partial charge in [0.1, 0.15) is 17.2 Å². The minimum absolute atomic E-state index is 0.0789. The van der Waals surface area contributed by atoms with Gasteiger partial charge in [-0.15, -0.1) is 0 Å². The van der Waals surface area contributed by atoms with Gasteiger partial charge in [-0.05, 0) is 29.8 Å². The van der Waals surface area contributed by atoms with Crippen LogP contribution in [0.15, 0.2) is 58.0 Å². The third kappa shape index (κ3) is 4.76. The van der Waals surface area contributed by atoms with E-state index in [1.807, 2.05) is 24.3 Å². The number of carbonyl (C=O) groups excluding carboxylic acids is 2. The van der Waals surface area contributed by atoms with Gasteiger partial charge in [-0.25, -0.2) is 4.39 Å². The van der Waals surface area contributed by atoms with Crippen LogP contribution in [0, 0.1) is 5.82 Å². The van der Waals surface area contributed by atoms with Gasteiger partial charge in [-0.2, -0.15) is 0 Å². The van der Waals surface area contributed by atoms with Crippen molar-refractivity contribution in [1.82, 2.24) is 15.5 Å². The summed E-state index contributed by atoms with van der Waals surface area (Å²) in [5, 5.41) is 5.91. The second kappa shape index (κ2) is 8.65. The van der Waals surface area contributed by atoms with Crippen molar-refractivity contribution >= 4 is 33.5 Å². The van der Waals surface area contributed by atoms with E-state index in [1.54, 1.807) is 12.1 Å². The van der Waals surface area contributed by atoms with E-state index in [0.29, 0.717) is 38.2 Å². The van der Waals surface area contributed by atoms with E-state index in [4.69, 9.17) is 4.99 Å². The summed E-state index contributed by atoms with van der Waals surface area (Å²) in [5.41, 5.74) is 1.54. The third-order valence-electron chi connectivity index (χ3n) is 5.46. The quantitative estimate of drug-likeness (QED) is 0.702. The summed E-state index contributed by atoms with van der Waals surface area (Å²) >= 11 is 3.40. The first-order chi connectivity index (χ1) is 14.4. The predicted molar refractivity (Wildman–Crippen MR) is 115 cm³/mol. The molecule has 2 heterocycles. The number of nitrogens with zero attached hydrogens (tertiary/aromatic N) is 2. The fourth-order valence-corrected chi connectivity index (χ4v) is 4.01. The van der Waals surface area contributed by atoms with E-state index in [2.05, 4.69) is 31.5 Å². The number of halogens is 2. The zero-order valence-electron chi connectivity index (χ0n) is 16.3. The topological polar surface area (TPSA) is 73.8 Å². The Kier molecular flexibility index (Phi) is 5.97. The molecule has 4 rings (SSSR count). The van der Waals surface area contributed by atoms with Gasteiger partial charge in [0.2, 0.25) is 5.91 Å². The highest BCUT2D eigenvalue weighted by molar-refractivity contribution is 9.10. The number of hydrogen-bond acceptors (Lipinski definition) is 4. The normalized spacial score (nSPS) is 18.2. The predicted octanol–water partition coefficient (Wildman–Crippen LogP) is 2.62. The second-order valence-corrected chi connectivity index (χ2v) is 8.55. The summed E-state index contributed by atoms with van der Waals surface area (Å²) in [7, 11) is 0. The van der Waals surface area contributed by atoms with E-state index in [0.717, 1.165) is 15.6 Å². The van der Waals surface area contributed by atoms with Crippen LogP contribution in [0.4, 0.5) is 4.39 Å². The van der Waals surface area contributed by atoms with Crippen LogP contribution in [0.3, 0.4) is 0 Å². The van der Waals surface area contributed by atoms with Crippen LogP contribution in [0.25, 0.3) is 0 Å². The molecule has 2 aliphatic rings. The van der Waals surface area contributed by atoms with E-state index >= 15 is 0 Å². The van der Waals surface area contributed by atoms with Gasteiger partial charge in [-0.3, -0.25) is 19.5 Å². The molecule has 2 aromatic rings. The van der Waals surface area contributed by atoms with Gasteiger partial charge in [0.15, 0.2) is 0 Å². The maximum absolute atomic E-state index is 12.9. The summed E-state index contributed by atoms with van der Waals surface area (Å²) < 4.78 is 13.9. The Hall–Kier alpha value is -2.58. The molecule has 2 amide bonds. The van der Waals surface area contributed by atoms with Gasteiger partial charge >= 0.3 is 0 Å². The maximum atomic E-state index is 12.9. The molecule has 0 bridgehead atoms. The SMILES string of the molecule is O=C(CN1CCC2(CC1)N=C(c1ccc(Br)cc1)C(=O)N2)NCc1ccc(F)cc1. The number of carbonyl (C=O) groups is 2. The summed E-state index contributed by atoms with van der Waals surface area (Å²) in [6, 6.07) is 13.6. The zero-order valence-corrected chi connectivity index (χ0v) is 17.9. The number of rotatable bonds is 5. The molecular formula is C22H22BrFN4O2. The van der Waals surface area contributed by atoms with Gasteiger partial charge in [0.05, 0.1) is 6.54 Å². The van der Waals surface area contributed by atoms with Crippen molar-refractivity contribution in [2.45, 2.75) is 25.0 Å². The molecule has 0 atom stereocenters. The van der Waals surface area contributed by atoms with Gasteiger partial charge < -0.3 is 10.6 Å². The fourth-order valence-electron chi connectivity index (χ4n) is 3.75. The summed E-state index contributed by atoms with van der Waals surface area (Å²) in [5.74, 6) is -0.523. The van der Waals surface area contributed by atoms with Crippen molar-refractivity contribution < 1.29 is 14.0 Å². The molecule has 0 aliphatic carbocycles. The van der Waals surface area contributed by atoms with Crippen LogP contribution >= 0.6 is 15.9 Å². The number of aliphatic imine (C=N–C) groups is 1. The van der Waals surface area contributed by atoms with E-state index in [-0.39, 0.29) is 24.2 Å². The number of nitrogens with one attached hydrogen (secondary N) is 2. The van der Waals surface area contributed by atoms with Crippen LogP contribution in [0.1, 0.15) is 24.0 Å². The molecule has 0 saturated carbocycles. The summed E-state index contributed by atoms with van der Waals surface area (Å²) in [4.78, 5) is 31.5. The molecule has 156 valence electrons. The molecule has 1 saturated heterocycles. The molecule has 0 aromatic heterocycles. The number of piperidine rings is 1. The third-order valence-corrected chi connectivity index (χ3v) is 5.99. The lowest BCUT2D eigenvalue weighted by Gasteiger charge is -2.36. The molecule has 1 spiro atoms. The lowest BCUT2D eigenvalue weighted by Crippen LogP contribution is -2.52. The van der Waals surface area contributed by atoms with Crippen molar-refractivity contribution in [2.75, 3.05) is 19.6 Å². The van der Waals surface area contributed by atoms with Crippen molar-refractivity contribution in [3.8, 4) is 0 Å². The summed E-state index contributed by atoms with van der Waals surface area (Å²) in [6.07, 6.45) is 1.31. The lowest BCUT2D eigenvalue weighted by molar-refractivity contribution is -0.123. The Labute approximate surface area is 182 Å². The first kappa shape index (κ1) is 20.7. The molecular weight excluding hydrogens is 451 g/mol. The maximum Gasteiger partial charge on any atom is 0.272 e. The van der Waals surface area contributed by atoms with E-state index in [1.165, 1.54) is 12.1 Å². The average Bonchev–Trinajstić information content (AvgIpc) is 3.06. The first-order valence-electron chi connectivity index (χ1n) is 9.84. The van der Waals surface area contributed by atoms with Crippen molar-refractivity contribution in [2.24, 2.45) is 4.99 Å². The highest BCUT2D eigenvalue weighted by atomic mass is 79.9. The lowest BCUT2D eigenvalue weighted by atomic mass is 9.98. The number of benzene rings is 2. The summed E-state index contributed by atoms with van der Waals surface area (Å²) in [6.45, 7) is 1.99. The highest BCUT2D eigenvalue weighted by Crippen LogP contribution is 2.29. The van der Waals surface area contributed by atoms with E-state index < -0.39 is 5.66 Å². The number of amides is 2. The Morgan fingerprint density at radius 1 is 1.13 bits per heavy atom. The molecule has 30 heavy (non-hydrogen) atoms. The second-order valence-electron chi connectivity index (χ2n) is 7.63. The largest absolute Gasteiger partial charge is 0.351 e. The van der Waals surface area contributed by atoms with Gasteiger partial charge in [0.25, 0.3) is 5.91 Å². The van der Waals surface area contributed by atoms with Crippen LogP contribution < -0.4 is 10.6 Å². The Morgan fingerprint density at radius 2 is 1.80 bits per heavy atom. The van der Waals surface area contributed by atoms with Gasteiger partial charge in [0, 0.05) is 42.5 Å². The van der Waals surface area contributed by atoms with Crippen LogP contribution in [-0.2, 0) is 16.1 Å². The Morgan fingerprint density at radius 3 is 2.47 bits per heavy atom. The average molecular weight is 473 g/mol. The van der Waals surface area contributed by atoms with E-state index in [9.17, 15) is 14.0 Å². The zero-order chi connectivity index (χ0) is 21.1. The molecule has 1 fully saturated rings. The smallest absolute Gasteiger partial charge is 0.272 e. The Bertz CT molecular complexity index is 968. The van der Waals surface area contributed by atoms with Crippen molar-refractivity contribution in [3.05, 3.63) is 69.9 Å². The highest BCUT2D eigenvalue weighted by Gasteiger charge is 2.42. The van der Waals surface area contributed by atoms with Crippen LogP contribution in [0.2, 0.25) is 0 Å². The van der Waals surface area contributed by atoms with Crippen molar-refractivity contribution in [1.29, 1.82) is 0 Å². The van der Waals surface area contributed by atoms with Gasteiger partial charge in [-0.1, -0.05) is 40.2 Å². The minimum Gasteiger partial charge on any atom is -0.351 e. The molecule has 6 nitrogen and oxygen atoms in total. The molecule has 0 unspecified atom stereocenters. The number of likely N-dealkylation sites (tertiary alicyclic amines) is 1. The monoisotopic (exact) mass is 472 g/mol. The Balaban J connectivity index is 1.30. The molecule has 8 heteroatoms. The molecule has 2 aliphatic heterocycles. The standard InChI is InChI=1S/C22H22BrFN4O2/c23-17-5-3-16(4-6-17)20-21(30)27-22(26-20)9-11-28(12-10-22)14-19(29)25-13-15-1-7-18(24)8-2-15/h1-8H,9-14H2,(H,25,29)(H,27,30).